The molecule has 1 atom stereocenters. The van der Waals surface area contributed by atoms with Crippen LogP contribution in [0.4, 0.5) is 13.2 Å². The van der Waals surface area contributed by atoms with Crippen molar-refractivity contribution in [3.63, 3.8) is 0 Å². The van der Waals surface area contributed by atoms with E-state index in [0.717, 1.165) is 29.8 Å². The fourth-order valence-corrected chi connectivity index (χ4v) is 9.15. The minimum absolute atomic E-state index is 0.109. The van der Waals surface area contributed by atoms with Crippen molar-refractivity contribution >= 4 is 20.4 Å². The molecule has 1 N–H and O–H groups in total. The lowest BCUT2D eigenvalue weighted by molar-refractivity contribution is -0.137. The Labute approximate surface area is 217 Å². The van der Waals surface area contributed by atoms with Gasteiger partial charge in [0.25, 0.3) is 0 Å². The highest BCUT2D eigenvalue weighted by Crippen LogP contribution is 2.68. The van der Waals surface area contributed by atoms with Crippen LogP contribution >= 0.6 is 10.3 Å². The SMILES string of the molecule is CC(C)(C)c1ccc(S([O+]=S(=O)(O)c2ccc(C(F)(F)F)cc2)(c2ccccc2)c2ccccc2)cc1. The molecule has 0 heterocycles. The van der Waals surface area contributed by atoms with E-state index < -0.39 is 32.2 Å². The van der Waals surface area contributed by atoms with E-state index in [1.165, 1.54) is 0 Å². The summed E-state index contributed by atoms with van der Waals surface area (Å²) in [6.07, 6.45) is -4.56. The number of halogens is 3. The number of hydrogen-bond donors (Lipinski definition) is 1. The highest BCUT2D eigenvalue weighted by atomic mass is 32.3. The Morgan fingerprint density at radius 3 is 1.38 bits per heavy atom. The Kier molecular flexibility index (Phi) is 7.29. The summed E-state index contributed by atoms with van der Waals surface area (Å²) in [6.45, 7) is 6.29. The first-order chi connectivity index (χ1) is 17.3. The molecule has 4 rings (SSSR count). The minimum atomic E-state index is -4.56. The van der Waals surface area contributed by atoms with Crippen LogP contribution in [0.15, 0.2) is 129 Å². The lowest BCUT2D eigenvalue weighted by Crippen LogP contribution is -2.13. The number of alkyl halides is 3. The molecule has 0 saturated heterocycles. The van der Waals surface area contributed by atoms with Crippen molar-refractivity contribution < 1.29 is 25.2 Å². The van der Waals surface area contributed by atoms with Gasteiger partial charge in [-0.1, -0.05) is 69.3 Å². The normalized spacial score (nSPS) is 14.6. The maximum absolute atomic E-state index is 13.8. The van der Waals surface area contributed by atoms with E-state index in [9.17, 15) is 21.9 Å². The summed E-state index contributed by atoms with van der Waals surface area (Å²) in [5, 5.41) is 0. The summed E-state index contributed by atoms with van der Waals surface area (Å²) >= 11 is 0. The van der Waals surface area contributed by atoms with Crippen molar-refractivity contribution in [1.29, 1.82) is 0 Å². The average molecular weight is 546 g/mol. The third-order valence-corrected chi connectivity index (χ3v) is 11.1. The molecule has 4 aromatic carbocycles. The van der Waals surface area contributed by atoms with E-state index >= 15 is 0 Å². The summed E-state index contributed by atoms with van der Waals surface area (Å²) in [5.41, 5.74) is 0.0637. The van der Waals surface area contributed by atoms with Crippen molar-refractivity contribution in [3.05, 3.63) is 120 Å². The third kappa shape index (κ3) is 5.61. The lowest BCUT2D eigenvalue weighted by atomic mass is 9.87. The minimum Gasteiger partial charge on any atom is -0.241 e. The first kappa shape index (κ1) is 27.0. The first-order valence-corrected chi connectivity index (χ1v) is 14.5. The van der Waals surface area contributed by atoms with Crippen LogP contribution in [0.25, 0.3) is 0 Å². The molecule has 1 unspecified atom stereocenters. The van der Waals surface area contributed by atoms with Gasteiger partial charge in [0.2, 0.25) is 0 Å². The first-order valence-electron chi connectivity index (χ1n) is 11.5. The maximum atomic E-state index is 13.8. The fourth-order valence-electron chi connectivity index (χ4n) is 3.89. The Bertz CT molecular complexity index is 1430. The number of hydrogen-bond acceptors (Lipinski definition) is 1. The Morgan fingerprint density at radius 2 is 0.973 bits per heavy atom. The van der Waals surface area contributed by atoms with Gasteiger partial charge in [-0.25, -0.2) is 4.55 Å². The fraction of sp³-hybridized carbons (Fsp3) is 0.172. The third-order valence-electron chi connectivity index (χ3n) is 5.88. The largest absolute Gasteiger partial charge is 0.454 e. The van der Waals surface area contributed by atoms with E-state index in [1.807, 2.05) is 84.9 Å². The smallest absolute Gasteiger partial charge is 0.241 e. The summed E-state index contributed by atoms with van der Waals surface area (Å²) in [5.74, 6) is 0. The molecule has 0 bridgehead atoms. The van der Waals surface area contributed by atoms with E-state index in [2.05, 4.69) is 20.8 Å². The predicted molar refractivity (Wildman–Crippen MR) is 142 cm³/mol. The second-order valence-corrected chi connectivity index (χ2v) is 14.0. The van der Waals surface area contributed by atoms with Gasteiger partial charge in [0.05, 0.1) is 20.2 Å². The molecule has 0 aliphatic rings. The second kappa shape index (κ2) is 10.0. The van der Waals surface area contributed by atoms with Crippen LogP contribution in [0.2, 0.25) is 0 Å². The molecule has 8 heteroatoms. The Hall–Kier alpha value is -3.07. The van der Waals surface area contributed by atoms with Crippen LogP contribution in [0.1, 0.15) is 31.9 Å². The molecule has 4 aromatic rings. The molecule has 0 aromatic heterocycles. The van der Waals surface area contributed by atoms with Crippen LogP contribution < -0.4 is 0 Å². The van der Waals surface area contributed by atoms with Crippen molar-refractivity contribution in [2.75, 3.05) is 0 Å². The monoisotopic (exact) mass is 545 g/mol. The summed E-state index contributed by atoms with van der Waals surface area (Å²) in [6, 6.07) is 29.6. The lowest BCUT2D eigenvalue weighted by Gasteiger charge is -2.27. The summed E-state index contributed by atoms with van der Waals surface area (Å²) in [7, 11) is -7.03. The number of rotatable bonds is 5. The van der Waals surface area contributed by atoms with Crippen molar-refractivity contribution in [2.24, 2.45) is 0 Å². The van der Waals surface area contributed by atoms with Crippen molar-refractivity contribution in [3.8, 4) is 0 Å². The Balaban J connectivity index is 2.04. The molecule has 37 heavy (non-hydrogen) atoms. The van der Waals surface area contributed by atoms with Gasteiger partial charge in [-0.15, -0.1) is 7.49 Å². The average Bonchev–Trinajstić information content (AvgIpc) is 2.87. The standard InChI is InChI=1S/C29H27F3O3S2/c1-28(2,3)22-14-18-26(19-15-22)36(24-10-6-4-7-11-24,25-12-8-5-9-13-25)35-37(33,34)27-20-16-23(17-21-27)29(30,31)32/h4-21H,1-3H3/p+1. The van der Waals surface area contributed by atoms with Gasteiger partial charge in [-0.3, -0.25) is 0 Å². The predicted octanol–water partition coefficient (Wildman–Crippen LogP) is 8.90. The van der Waals surface area contributed by atoms with Gasteiger partial charge in [-0.05, 0) is 71.6 Å². The van der Waals surface area contributed by atoms with Gasteiger partial charge in [0.15, 0.2) is 10.3 Å². The van der Waals surface area contributed by atoms with Crippen LogP contribution in [0.3, 0.4) is 0 Å². The molecule has 0 spiro atoms. The Morgan fingerprint density at radius 1 is 0.595 bits per heavy atom. The topological polar surface area (TPSA) is 48.6 Å². The maximum Gasteiger partial charge on any atom is 0.454 e. The van der Waals surface area contributed by atoms with Crippen molar-refractivity contribution in [1.82, 2.24) is 0 Å². The molecular formula is C29H28F3O3S2+. The van der Waals surface area contributed by atoms with Gasteiger partial charge in [-0.2, -0.15) is 13.2 Å². The molecule has 0 aliphatic carbocycles. The molecule has 0 fully saturated rings. The zero-order valence-electron chi connectivity index (χ0n) is 20.6. The van der Waals surface area contributed by atoms with E-state index in [1.54, 1.807) is 0 Å². The van der Waals surface area contributed by atoms with E-state index in [0.29, 0.717) is 14.7 Å². The van der Waals surface area contributed by atoms with Crippen LogP contribution in [-0.2, 0) is 25.0 Å². The van der Waals surface area contributed by atoms with Crippen LogP contribution in [0.5, 0.6) is 0 Å². The summed E-state index contributed by atoms with van der Waals surface area (Å²) < 4.78 is 70.6. The van der Waals surface area contributed by atoms with E-state index in [4.69, 9.17) is 3.29 Å². The number of benzene rings is 4. The van der Waals surface area contributed by atoms with Crippen LogP contribution in [0, 0.1) is 0 Å². The molecule has 0 aliphatic heterocycles. The van der Waals surface area contributed by atoms with E-state index in [-0.39, 0.29) is 10.3 Å². The highest BCUT2D eigenvalue weighted by Gasteiger charge is 2.46. The zero-order valence-corrected chi connectivity index (χ0v) is 22.2. The zero-order chi connectivity index (χ0) is 26.9. The van der Waals surface area contributed by atoms with Gasteiger partial charge >= 0.3 is 16.3 Å². The summed E-state index contributed by atoms with van der Waals surface area (Å²) in [4.78, 5) is 1.80. The van der Waals surface area contributed by atoms with Crippen LogP contribution in [-0.4, -0.2) is 8.76 Å². The van der Waals surface area contributed by atoms with Crippen molar-refractivity contribution in [2.45, 2.75) is 51.9 Å². The highest BCUT2D eigenvalue weighted by molar-refractivity contribution is 8.30. The second-order valence-electron chi connectivity index (χ2n) is 9.52. The van der Waals surface area contributed by atoms with Gasteiger partial charge < -0.3 is 0 Å². The molecule has 3 nitrogen and oxygen atoms in total. The molecular weight excluding hydrogens is 517 g/mol. The van der Waals surface area contributed by atoms with Gasteiger partial charge in [0, 0.05) is 0 Å². The quantitative estimate of drug-likeness (QED) is 0.201. The molecule has 194 valence electrons. The molecule has 0 amide bonds. The molecule has 0 saturated carbocycles. The van der Waals surface area contributed by atoms with Gasteiger partial charge in [0.1, 0.15) is 4.90 Å². The molecule has 0 radical (unpaired) electrons.